The number of anilines is 1. The molecule has 0 aromatic carbocycles. The Morgan fingerprint density at radius 1 is 1.36 bits per heavy atom. The monoisotopic (exact) mass is 343 g/mol. The van der Waals surface area contributed by atoms with Gasteiger partial charge < -0.3 is 19.9 Å². The summed E-state index contributed by atoms with van der Waals surface area (Å²) in [5, 5.41) is 13.6. The number of aromatic nitrogens is 3. The van der Waals surface area contributed by atoms with Crippen molar-refractivity contribution in [3.05, 3.63) is 42.6 Å². The molecule has 0 spiro atoms. The van der Waals surface area contributed by atoms with Crippen LogP contribution in [0.5, 0.6) is 0 Å². The SMILES string of the molecule is CCc1nccn1CCC(=O)NC[C@@]1(O)CCN(c2ccccn2)C1. The first-order valence-corrected chi connectivity index (χ1v) is 8.75. The Labute approximate surface area is 147 Å². The number of nitrogens with one attached hydrogen (secondary N) is 1. The van der Waals surface area contributed by atoms with Crippen LogP contribution in [0.25, 0.3) is 0 Å². The summed E-state index contributed by atoms with van der Waals surface area (Å²) < 4.78 is 1.99. The van der Waals surface area contributed by atoms with Gasteiger partial charge in [-0.3, -0.25) is 4.79 Å². The molecule has 2 N–H and O–H groups in total. The molecule has 0 radical (unpaired) electrons. The molecule has 0 bridgehead atoms. The molecule has 1 aliphatic rings. The van der Waals surface area contributed by atoms with Gasteiger partial charge in [0.15, 0.2) is 0 Å². The number of pyridine rings is 1. The minimum absolute atomic E-state index is 0.0551. The Balaban J connectivity index is 1.45. The van der Waals surface area contributed by atoms with Crippen LogP contribution >= 0.6 is 0 Å². The second-order valence-electron chi connectivity index (χ2n) is 6.50. The smallest absolute Gasteiger partial charge is 0.221 e. The van der Waals surface area contributed by atoms with Crippen LogP contribution in [0.1, 0.15) is 25.6 Å². The Bertz CT molecular complexity index is 703. The topological polar surface area (TPSA) is 83.3 Å². The van der Waals surface area contributed by atoms with Gasteiger partial charge in [0.1, 0.15) is 17.2 Å². The van der Waals surface area contributed by atoms with Crippen molar-refractivity contribution in [2.75, 3.05) is 24.5 Å². The number of hydrogen-bond acceptors (Lipinski definition) is 5. The number of β-amino-alcohol motifs (C(OH)–C–C–N with tert-alkyl or cyclic N) is 1. The molecule has 3 rings (SSSR count). The standard InChI is InChI=1S/C18H25N5O2/c1-2-15-20-9-12-22(15)10-6-17(24)21-13-18(25)7-11-23(14-18)16-5-3-4-8-19-16/h3-5,8-9,12,25H,2,6-7,10-11,13-14H2,1H3,(H,21,24)/t18-/m0/s1. The van der Waals surface area contributed by atoms with E-state index in [-0.39, 0.29) is 12.5 Å². The summed E-state index contributed by atoms with van der Waals surface area (Å²) >= 11 is 0. The zero-order chi connectivity index (χ0) is 17.7. The van der Waals surface area contributed by atoms with Crippen molar-refractivity contribution in [1.82, 2.24) is 19.9 Å². The van der Waals surface area contributed by atoms with Gasteiger partial charge in [-0.1, -0.05) is 13.0 Å². The molecule has 1 saturated heterocycles. The van der Waals surface area contributed by atoms with Crippen LogP contribution in [0.4, 0.5) is 5.82 Å². The largest absolute Gasteiger partial charge is 0.386 e. The van der Waals surface area contributed by atoms with Gasteiger partial charge in [-0.05, 0) is 18.6 Å². The molecule has 3 heterocycles. The lowest BCUT2D eigenvalue weighted by molar-refractivity contribution is -0.122. The highest BCUT2D eigenvalue weighted by atomic mass is 16.3. The van der Waals surface area contributed by atoms with E-state index in [2.05, 4.69) is 15.3 Å². The van der Waals surface area contributed by atoms with Crippen molar-refractivity contribution in [2.24, 2.45) is 0 Å². The van der Waals surface area contributed by atoms with E-state index in [4.69, 9.17) is 0 Å². The number of carbonyl (C=O) groups excluding carboxylic acids is 1. The molecule has 0 saturated carbocycles. The number of rotatable bonds is 7. The lowest BCUT2D eigenvalue weighted by Gasteiger charge is -2.24. The minimum Gasteiger partial charge on any atom is -0.386 e. The van der Waals surface area contributed by atoms with Crippen molar-refractivity contribution < 1.29 is 9.90 Å². The van der Waals surface area contributed by atoms with Crippen LogP contribution in [-0.4, -0.2) is 50.8 Å². The van der Waals surface area contributed by atoms with Crippen LogP contribution in [0, 0.1) is 0 Å². The molecule has 0 unspecified atom stereocenters. The Morgan fingerprint density at radius 2 is 2.24 bits per heavy atom. The highest BCUT2D eigenvalue weighted by molar-refractivity contribution is 5.75. The highest BCUT2D eigenvalue weighted by Crippen LogP contribution is 2.24. The molecule has 1 atom stereocenters. The van der Waals surface area contributed by atoms with Gasteiger partial charge in [0.05, 0.1) is 0 Å². The van der Waals surface area contributed by atoms with Gasteiger partial charge in [-0.15, -0.1) is 0 Å². The van der Waals surface area contributed by atoms with Crippen LogP contribution < -0.4 is 10.2 Å². The molecule has 7 heteroatoms. The van der Waals surface area contributed by atoms with E-state index in [9.17, 15) is 9.90 Å². The van der Waals surface area contributed by atoms with E-state index in [1.54, 1.807) is 12.4 Å². The second kappa shape index (κ2) is 7.65. The molecule has 7 nitrogen and oxygen atoms in total. The summed E-state index contributed by atoms with van der Waals surface area (Å²) in [5.41, 5.74) is -0.906. The molecule has 1 fully saturated rings. The Kier molecular flexibility index (Phi) is 5.33. The molecular weight excluding hydrogens is 318 g/mol. The van der Waals surface area contributed by atoms with E-state index >= 15 is 0 Å². The molecule has 2 aromatic heterocycles. The third-order valence-corrected chi connectivity index (χ3v) is 4.62. The van der Waals surface area contributed by atoms with Gasteiger partial charge in [-0.25, -0.2) is 9.97 Å². The zero-order valence-electron chi connectivity index (χ0n) is 14.6. The summed E-state index contributed by atoms with van der Waals surface area (Å²) in [6, 6.07) is 5.74. The fraction of sp³-hybridized carbons (Fsp3) is 0.500. The molecule has 0 aliphatic carbocycles. The predicted molar refractivity (Wildman–Crippen MR) is 95.2 cm³/mol. The molecule has 1 amide bonds. The van der Waals surface area contributed by atoms with Crippen molar-refractivity contribution in [1.29, 1.82) is 0 Å². The summed E-state index contributed by atoms with van der Waals surface area (Å²) in [6.07, 6.45) is 7.23. The number of aliphatic hydroxyl groups is 1. The number of imidazole rings is 1. The number of nitrogens with zero attached hydrogens (tertiary/aromatic N) is 4. The van der Waals surface area contributed by atoms with E-state index in [1.807, 2.05) is 40.8 Å². The fourth-order valence-corrected chi connectivity index (χ4v) is 3.17. The average molecular weight is 343 g/mol. The van der Waals surface area contributed by atoms with Gasteiger partial charge in [0.25, 0.3) is 0 Å². The lowest BCUT2D eigenvalue weighted by Crippen LogP contribution is -2.45. The average Bonchev–Trinajstić information content (AvgIpc) is 3.26. The second-order valence-corrected chi connectivity index (χ2v) is 6.50. The first-order valence-electron chi connectivity index (χ1n) is 8.75. The minimum atomic E-state index is -0.906. The Hall–Kier alpha value is -2.41. The van der Waals surface area contributed by atoms with Gasteiger partial charge >= 0.3 is 0 Å². The van der Waals surface area contributed by atoms with Crippen molar-refractivity contribution in [2.45, 2.75) is 38.3 Å². The van der Waals surface area contributed by atoms with Crippen LogP contribution in [0.3, 0.4) is 0 Å². The lowest BCUT2D eigenvalue weighted by atomic mass is 10.0. The Morgan fingerprint density at radius 3 is 3.00 bits per heavy atom. The van der Waals surface area contributed by atoms with Crippen LogP contribution in [0.15, 0.2) is 36.8 Å². The maximum atomic E-state index is 12.1. The quantitative estimate of drug-likeness (QED) is 0.783. The van der Waals surface area contributed by atoms with E-state index in [0.717, 1.165) is 24.6 Å². The maximum absolute atomic E-state index is 12.1. The summed E-state index contributed by atoms with van der Waals surface area (Å²) in [7, 11) is 0. The number of aryl methyl sites for hydroxylation is 2. The normalized spacial score (nSPS) is 20.0. The maximum Gasteiger partial charge on any atom is 0.221 e. The van der Waals surface area contributed by atoms with Gasteiger partial charge in [-0.2, -0.15) is 0 Å². The summed E-state index contributed by atoms with van der Waals surface area (Å²) in [5.74, 6) is 1.78. The molecule has 25 heavy (non-hydrogen) atoms. The van der Waals surface area contributed by atoms with Crippen molar-refractivity contribution in [3.8, 4) is 0 Å². The summed E-state index contributed by atoms with van der Waals surface area (Å²) in [6.45, 7) is 4.12. The third kappa shape index (κ3) is 4.36. The third-order valence-electron chi connectivity index (χ3n) is 4.62. The first-order chi connectivity index (χ1) is 12.1. The molecule has 134 valence electrons. The van der Waals surface area contributed by atoms with Crippen LogP contribution in [0.2, 0.25) is 0 Å². The molecule has 2 aromatic rings. The number of amides is 1. The number of carbonyl (C=O) groups is 1. The van der Waals surface area contributed by atoms with Crippen LogP contribution in [-0.2, 0) is 17.8 Å². The van der Waals surface area contributed by atoms with Gasteiger partial charge in [0.2, 0.25) is 5.91 Å². The van der Waals surface area contributed by atoms with E-state index in [1.165, 1.54) is 0 Å². The van der Waals surface area contributed by atoms with Gasteiger partial charge in [0, 0.05) is 57.6 Å². The van der Waals surface area contributed by atoms with E-state index < -0.39 is 5.60 Å². The first kappa shape index (κ1) is 17.4. The molecule has 1 aliphatic heterocycles. The predicted octanol–water partition coefficient (Wildman–Crippen LogP) is 0.988. The van der Waals surface area contributed by atoms with Crippen molar-refractivity contribution >= 4 is 11.7 Å². The van der Waals surface area contributed by atoms with E-state index in [0.29, 0.717) is 25.9 Å². The zero-order valence-corrected chi connectivity index (χ0v) is 14.6. The summed E-state index contributed by atoms with van der Waals surface area (Å²) in [4.78, 5) is 22.7. The molecular formula is C18H25N5O2. The van der Waals surface area contributed by atoms with Crippen molar-refractivity contribution in [3.63, 3.8) is 0 Å². The number of hydrogen-bond donors (Lipinski definition) is 2. The highest BCUT2D eigenvalue weighted by Gasteiger charge is 2.36. The fourth-order valence-electron chi connectivity index (χ4n) is 3.17.